The van der Waals surface area contributed by atoms with Crippen LogP contribution in [-0.4, -0.2) is 49.7 Å². The summed E-state index contributed by atoms with van der Waals surface area (Å²) in [6, 6.07) is 8.04. The van der Waals surface area contributed by atoms with Crippen molar-refractivity contribution in [1.82, 2.24) is 10.2 Å². The number of halogens is 2. The van der Waals surface area contributed by atoms with Crippen molar-refractivity contribution in [1.29, 1.82) is 0 Å². The van der Waals surface area contributed by atoms with Gasteiger partial charge in [0.15, 0.2) is 0 Å². The lowest BCUT2D eigenvalue weighted by Crippen LogP contribution is -2.47. The summed E-state index contributed by atoms with van der Waals surface area (Å²) >= 11 is 0. The third-order valence-electron chi connectivity index (χ3n) is 3.94. The van der Waals surface area contributed by atoms with Gasteiger partial charge in [-0.1, -0.05) is 18.2 Å². The van der Waals surface area contributed by atoms with Gasteiger partial charge < -0.3 is 15.8 Å². The number of carbonyl (C=O) groups excluding carboxylic acids is 1. The topological polar surface area (TPSA) is 67.6 Å². The third kappa shape index (κ3) is 7.40. The van der Waals surface area contributed by atoms with Crippen LogP contribution in [-0.2, 0) is 16.0 Å². The molecule has 0 spiro atoms. The Hall–Kier alpha value is -1.01. The molecule has 1 aliphatic rings. The van der Waals surface area contributed by atoms with Crippen molar-refractivity contribution in [2.75, 3.05) is 38.6 Å². The Kier molecular flexibility index (Phi) is 11.0. The summed E-state index contributed by atoms with van der Waals surface area (Å²) in [6.07, 6.45) is 1.16. The predicted octanol–water partition coefficient (Wildman–Crippen LogP) is 1.88. The number of morpholine rings is 1. The van der Waals surface area contributed by atoms with Crippen LogP contribution >= 0.6 is 24.8 Å². The van der Waals surface area contributed by atoms with Crippen LogP contribution in [0.15, 0.2) is 24.3 Å². The fraction of sp³-hybridized carbons (Fsp3) is 0.562. The Morgan fingerprint density at radius 2 is 1.96 bits per heavy atom. The van der Waals surface area contributed by atoms with Gasteiger partial charge in [-0.3, -0.25) is 9.69 Å². The normalized spacial score (nSPS) is 15.9. The number of ether oxygens (including phenoxy) is 1. The molecule has 0 bridgehead atoms. The number of rotatable bonds is 6. The molecule has 1 fully saturated rings. The molecule has 1 saturated heterocycles. The van der Waals surface area contributed by atoms with Gasteiger partial charge in [-0.05, 0) is 25.0 Å². The van der Waals surface area contributed by atoms with E-state index in [2.05, 4.69) is 17.1 Å². The number of hydrogen-bond acceptors (Lipinski definition) is 4. The average molecular weight is 364 g/mol. The zero-order chi connectivity index (χ0) is 15.1. The highest BCUT2D eigenvalue weighted by Gasteiger charge is 2.17. The van der Waals surface area contributed by atoms with E-state index in [0.29, 0.717) is 25.4 Å². The first-order valence-electron chi connectivity index (χ1n) is 7.58. The second kappa shape index (κ2) is 11.5. The third-order valence-corrected chi connectivity index (χ3v) is 3.94. The molecule has 5 nitrogen and oxygen atoms in total. The molecule has 3 N–H and O–H groups in total. The van der Waals surface area contributed by atoms with Crippen LogP contribution in [0.3, 0.4) is 0 Å². The van der Waals surface area contributed by atoms with Gasteiger partial charge in [0.25, 0.3) is 0 Å². The van der Waals surface area contributed by atoms with Gasteiger partial charge in [0.2, 0.25) is 5.91 Å². The van der Waals surface area contributed by atoms with E-state index in [1.165, 1.54) is 0 Å². The highest BCUT2D eigenvalue weighted by atomic mass is 35.5. The van der Waals surface area contributed by atoms with Gasteiger partial charge in [0.05, 0.1) is 13.2 Å². The number of aryl methyl sites for hydroxylation is 1. The molecule has 132 valence electrons. The molecule has 0 aromatic heterocycles. The lowest BCUT2D eigenvalue weighted by Gasteiger charge is -2.32. The summed E-state index contributed by atoms with van der Waals surface area (Å²) in [5.74, 6) is 0.0818. The highest BCUT2D eigenvalue weighted by molar-refractivity contribution is 5.85. The predicted molar refractivity (Wildman–Crippen MR) is 98.5 cm³/mol. The summed E-state index contributed by atoms with van der Waals surface area (Å²) in [6.45, 7) is 6.27. The van der Waals surface area contributed by atoms with E-state index in [0.717, 1.165) is 37.6 Å². The number of anilines is 1. The van der Waals surface area contributed by atoms with E-state index >= 15 is 0 Å². The number of para-hydroxylation sites is 1. The minimum absolute atomic E-state index is 0. The molecule has 1 unspecified atom stereocenters. The molecule has 0 aliphatic carbocycles. The van der Waals surface area contributed by atoms with E-state index in [9.17, 15) is 4.79 Å². The van der Waals surface area contributed by atoms with Gasteiger partial charge in [-0.25, -0.2) is 0 Å². The summed E-state index contributed by atoms with van der Waals surface area (Å²) in [5.41, 5.74) is 7.67. The van der Waals surface area contributed by atoms with Gasteiger partial charge in [0, 0.05) is 37.8 Å². The van der Waals surface area contributed by atoms with Crippen molar-refractivity contribution in [3.05, 3.63) is 29.8 Å². The number of carbonyl (C=O) groups is 1. The number of hydrogen-bond donors (Lipinski definition) is 2. The molecule has 1 aromatic rings. The van der Waals surface area contributed by atoms with Crippen LogP contribution in [0.25, 0.3) is 0 Å². The first-order valence-corrected chi connectivity index (χ1v) is 7.58. The lowest BCUT2D eigenvalue weighted by molar-refractivity contribution is -0.121. The van der Waals surface area contributed by atoms with Gasteiger partial charge >= 0.3 is 0 Å². The summed E-state index contributed by atoms with van der Waals surface area (Å²) in [4.78, 5) is 14.3. The van der Waals surface area contributed by atoms with Crippen molar-refractivity contribution in [2.45, 2.75) is 25.8 Å². The van der Waals surface area contributed by atoms with Crippen LogP contribution in [0, 0.1) is 0 Å². The van der Waals surface area contributed by atoms with Crippen LogP contribution in [0.1, 0.15) is 18.9 Å². The van der Waals surface area contributed by atoms with E-state index < -0.39 is 0 Å². The van der Waals surface area contributed by atoms with Gasteiger partial charge in [-0.15, -0.1) is 24.8 Å². The number of nitrogens with zero attached hydrogens (tertiary/aromatic N) is 1. The zero-order valence-electron chi connectivity index (χ0n) is 13.5. The maximum absolute atomic E-state index is 11.9. The number of benzene rings is 1. The fourth-order valence-corrected chi connectivity index (χ4v) is 2.51. The minimum Gasteiger partial charge on any atom is -0.399 e. The minimum atomic E-state index is 0. The standard InChI is InChI=1S/C16H25N3O2.2ClH/c1-13(19-8-10-21-11-9-19)12-18-16(20)7-6-14-4-2-3-5-15(14)17;;/h2-5,13H,6-12,17H2,1H3,(H,18,20);2*1H. The fourth-order valence-electron chi connectivity index (χ4n) is 2.51. The highest BCUT2D eigenvalue weighted by Crippen LogP contribution is 2.12. The second-order valence-corrected chi connectivity index (χ2v) is 5.50. The van der Waals surface area contributed by atoms with Crippen molar-refractivity contribution >= 4 is 36.4 Å². The molecule has 0 saturated carbocycles. The van der Waals surface area contributed by atoms with E-state index in [-0.39, 0.29) is 30.7 Å². The molecule has 1 atom stereocenters. The Morgan fingerprint density at radius 3 is 2.61 bits per heavy atom. The van der Waals surface area contributed by atoms with Crippen molar-refractivity contribution in [2.24, 2.45) is 0 Å². The maximum Gasteiger partial charge on any atom is 0.220 e. The monoisotopic (exact) mass is 363 g/mol. The molecule has 23 heavy (non-hydrogen) atoms. The van der Waals surface area contributed by atoms with Crippen LogP contribution < -0.4 is 11.1 Å². The quantitative estimate of drug-likeness (QED) is 0.757. The van der Waals surface area contributed by atoms with Gasteiger partial charge in [0.1, 0.15) is 0 Å². The van der Waals surface area contributed by atoms with Crippen LogP contribution in [0.2, 0.25) is 0 Å². The Balaban J connectivity index is 0.00000242. The van der Waals surface area contributed by atoms with E-state index in [1.54, 1.807) is 0 Å². The summed E-state index contributed by atoms with van der Waals surface area (Å²) in [5, 5.41) is 3.01. The molecule has 0 radical (unpaired) electrons. The lowest BCUT2D eigenvalue weighted by atomic mass is 10.1. The van der Waals surface area contributed by atoms with Gasteiger partial charge in [-0.2, -0.15) is 0 Å². The van der Waals surface area contributed by atoms with E-state index in [1.807, 2.05) is 24.3 Å². The molecule has 2 rings (SSSR count). The Labute approximate surface area is 150 Å². The molecule has 7 heteroatoms. The molecule has 1 amide bonds. The Morgan fingerprint density at radius 1 is 1.30 bits per heavy atom. The number of nitrogens with one attached hydrogen (secondary N) is 1. The molecule has 1 heterocycles. The first kappa shape index (κ1) is 22.0. The van der Waals surface area contributed by atoms with Crippen LogP contribution in [0.4, 0.5) is 5.69 Å². The Bertz CT molecular complexity index is 468. The average Bonchev–Trinajstić information content (AvgIpc) is 2.52. The number of amides is 1. The SMILES string of the molecule is CC(CNC(=O)CCc1ccccc1N)N1CCOCC1.Cl.Cl. The van der Waals surface area contributed by atoms with E-state index in [4.69, 9.17) is 10.5 Å². The summed E-state index contributed by atoms with van der Waals surface area (Å²) in [7, 11) is 0. The first-order chi connectivity index (χ1) is 10.2. The largest absolute Gasteiger partial charge is 0.399 e. The molecule has 1 aromatic carbocycles. The molecular weight excluding hydrogens is 337 g/mol. The smallest absolute Gasteiger partial charge is 0.220 e. The molecular formula is C16H27Cl2N3O2. The van der Waals surface area contributed by atoms with Crippen LogP contribution in [0.5, 0.6) is 0 Å². The number of nitrogen functional groups attached to an aromatic ring is 1. The number of nitrogens with two attached hydrogens (primary N) is 1. The summed E-state index contributed by atoms with van der Waals surface area (Å²) < 4.78 is 5.33. The van der Waals surface area contributed by atoms with Crippen molar-refractivity contribution in [3.63, 3.8) is 0 Å². The molecule has 1 aliphatic heterocycles. The zero-order valence-corrected chi connectivity index (χ0v) is 15.1. The maximum atomic E-state index is 11.9. The second-order valence-electron chi connectivity index (χ2n) is 5.50. The van der Waals surface area contributed by atoms with Crippen molar-refractivity contribution < 1.29 is 9.53 Å². The van der Waals surface area contributed by atoms with Crippen molar-refractivity contribution in [3.8, 4) is 0 Å².